The van der Waals surface area contributed by atoms with Crippen LogP contribution in [0.2, 0.25) is 0 Å². The summed E-state index contributed by atoms with van der Waals surface area (Å²) in [5.74, 6) is 2.30. The molecule has 2 heterocycles. The number of amides is 1. The number of nitrogens with one attached hydrogen (secondary N) is 2. The molecule has 0 aliphatic carbocycles. The Balaban J connectivity index is 0.00000208. The van der Waals surface area contributed by atoms with Gasteiger partial charge in [0.05, 0.1) is 10.8 Å². The lowest BCUT2D eigenvalue weighted by atomic mass is 10.1. The fraction of sp³-hybridized carbons (Fsp3) is 0.375. The van der Waals surface area contributed by atoms with E-state index >= 15 is 0 Å². The topological polar surface area (TPSA) is 59.0 Å². The molecule has 1 aliphatic heterocycles. The van der Waals surface area contributed by atoms with Crippen LogP contribution in [-0.4, -0.2) is 34.2 Å². The van der Waals surface area contributed by atoms with Crippen LogP contribution in [-0.2, 0) is 11.8 Å². The van der Waals surface area contributed by atoms with E-state index < -0.39 is 6.04 Å². The van der Waals surface area contributed by atoms with Gasteiger partial charge in [0.1, 0.15) is 6.04 Å². The second kappa shape index (κ2) is 8.80. The number of rotatable bonds is 5. The molecule has 0 radical (unpaired) electrons. The summed E-state index contributed by atoms with van der Waals surface area (Å²) in [7, 11) is 3.62. The predicted molar refractivity (Wildman–Crippen MR) is 105 cm³/mol. The maximum absolute atomic E-state index is 12.6. The van der Waals surface area contributed by atoms with Gasteiger partial charge in [-0.3, -0.25) is 9.48 Å². The SMILES string of the molecule is CNC(C(=O)Nc1cccc(C2SCCS2)c1)c1cnn(C)c1.Cl. The van der Waals surface area contributed by atoms with E-state index in [9.17, 15) is 4.79 Å². The minimum Gasteiger partial charge on any atom is -0.324 e. The van der Waals surface area contributed by atoms with Gasteiger partial charge in [0, 0.05) is 36.0 Å². The molecule has 1 atom stereocenters. The van der Waals surface area contributed by atoms with Crippen LogP contribution in [0.3, 0.4) is 0 Å². The Hall–Kier alpha value is -1.15. The van der Waals surface area contributed by atoms with Crippen LogP contribution < -0.4 is 10.6 Å². The molecule has 3 rings (SSSR count). The van der Waals surface area contributed by atoms with Crippen molar-refractivity contribution in [2.24, 2.45) is 7.05 Å². The van der Waals surface area contributed by atoms with Crippen molar-refractivity contribution in [3.05, 3.63) is 47.8 Å². The largest absolute Gasteiger partial charge is 0.324 e. The molecule has 1 aliphatic rings. The molecule has 1 fully saturated rings. The molecule has 8 heteroatoms. The number of thioether (sulfide) groups is 2. The average molecular weight is 385 g/mol. The number of hydrogen-bond donors (Lipinski definition) is 2. The molecule has 2 N–H and O–H groups in total. The third-order valence-corrected chi connectivity index (χ3v) is 6.76. The van der Waals surface area contributed by atoms with Crippen LogP contribution in [0.4, 0.5) is 5.69 Å². The highest BCUT2D eigenvalue weighted by atomic mass is 35.5. The minimum atomic E-state index is -0.414. The molecule has 24 heavy (non-hydrogen) atoms. The van der Waals surface area contributed by atoms with E-state index in [1.807, 2.05) is 48.9 Å². The Kier molecular flexibility index (Phi) is 7.03. The van der Waals surface area contributed by atoms with Gasteiger partial charge >= 0.3 is 0 Å². The highest BCUT2D eigenvalue weighted by Gasteiger charge is 2.21. The highest BCUT2D eigenvalue weighted by molar-refractivity contribution is 8.19. The number of halogens is 1. The average Bonchev–Trinajstić information content (AvgIpc) is 3.20. The van der Waals surface area contributed by atoms with Gasteiger partial charge in [-0.15, -0.1) is 35.9 Å². The zero-order valence-corrected chi connectivity index (χ0v) is 16.0. The number of anilines is 1. The number of hydrogen-bond acceptors (Lipinski definition) is 5. The summed E-state index contributed by atoms with van der Waals surface area (Å²) in [6.45, 7) is 0. The quantitative estimate of drug-likeness (QED) is 0.828. The smallest absolute Gasteiger partial charge is 0.246 e. The number of carbonyl (C=O) groups is 1. The van der Waals surface area contributed by atoms with Crippen molar-refractivity contribution >= 4 is 47.5 Å². The molecule has 5 nitrogen and oxygen atoms in total. The molecular formula is C16H21ClN4OS2. The molecule has 130 valence electrons. The molecule has 1 unspecified atom stereocenters. The van der Waals surface area contributed by atoms with Crippen LogP contribution in [0.15, 0.2) is 36.7 Å². The Morgan fingerprint density at radius 1 is 1.38 bits per heavy atom. The molecule has 1 amide bonds. The first-order valence-corrected chi connectivity index (χ1v) is 9.57. The third-order valence-electron chi connectivity index (χ3n) is 3.66. The van der Waals surface area contributed by atoms with Gasteiger partial charge in [0.2, 0.25) is 5.91 Å². The predicted octanol–water partition coefficient (Wildman–Crippen LogP) is 3.22. The van der Waals surface area contributed by atoms with E-state index in [0.717, 1.165) is 11.3 Å². The first-order chi connectivity index (χ1) is 11.2. The molecule has 0 saturated carbocycles. The Labute approximate surface area is 156 Å². The van der Waals surface area contributed by atoms with Crippen molar-refractivity contribution in [2.75, 3.05) is 23.9 Å². The summed E-state index contributed by atoms with van der Waals surface area (Å²) in [5, 5.41) is 10.2. The molecule has 1 aromatic heterocycles. The zero-order chi connectivity index (χ0) is 16.2. The summed E-state index contributed by atoms with van der Waals surface area (Å²) in [5.41, 5.74) is 2.95. The summed E-state index contributed by atoms with van der Waals surface area (Å²) < 4.78 is 2.17. The molecular weight excluding hydrogens is 364 g/mol. The second-order valence-electron chi connectivity index (χ2n) is 5.36. The first-order valence-electron chi connectivity index (χ1n) is 7.47. The van der Waals surface area contributed by atoms with E-state index in [-0.39, 0.29) is 18.3 Å². The monoisotopic (exact) mass is 384 g/mol. The van der Waals surface area contributed by atoms with E-state index in [4.69, 9.17) is 0 Å². The number of likely N-dealkylation sites (N-methyl/N-ethyl adjacent to an activating group) is 1. The number of nitrogens with zero attached hydrogens (tertiary/aromatic N) is 2. The number of aromatic nitrogens is 2. The van der Waals surface area contributed by atoms with Gasteiger partial charge in [-0.05, 0) is 24.7 Å². The number of aryl methyl sites for hydroxylation is 1. The van der Waals surface area contributed by atoms with Gasteiger partial charge in [-0.2, -0.15) is 5.10 Å². The van der Waals surface area contributed by atoms with Crippen LogP contribution in [0.25, 0.3) is 0 Å². The lowest BCUT2D eigenvalue weighted by Crippen LogP contribution is -2.30. The molecule has 1 saturated heterocycles. The standard InChI is InChI=1S/C16H20N4OS2.ClH/c1-17-14(12-9-18-20(2)10-12)15(21)19-13-5-3-4-11(8-13)16-22-6-7-23-16;/h3-5,8-10,14,16-17H,6-7H2,1-2H3,(H,19,21);1H. The van der Waals surface area contributed by atoms with Crippen molar-refractivity contribution in [1.82, 2.24) is 15.1 Å². The van der Waals surface area contributed by atoms with E-state index in [2.05, 4.69) is 27.9 Å². The third kappa shape index (κ3) is 4.47. The Morgan fingerprint density at radius 2 is 2.12 bits per heavy atom. The fourth-order valence-corrected chi connectivity index (χ4v) is 5.40. The number of carbonyl (C=O) groups excluding carboxylic acids is 1. The normalized spacial score (nSPS) is 15.8. The number of benzene rings is 1. The Bertz CT molecular complexity index is 688. The molecule has 2 aromatic rings. The molecule has 0 bridgehead atoms. The summed E-state index contributed by atoms with van der Waals surface area (Å²) in [6, 6.07) is 7.72. The maximum atomic E-state index is 12.6. The van der Waals surface area contributed by atoms with Gasteiger partial charge in [-0.25, -0.2) is 0 Å². The zero-order valence-electron chi connectivity index (χ0n) is 13.6. The highest BCUT2D eigenvalue weighted by Crippen LogP contribution is 2.45. The lowest BCUT2D eigenvalue weighted by molar-refractivity contribution is -0.118. The van der Waals surface area contributed by atoms with E-state index in [1.165, 1.54) is 17.1 Å². The minimum absolute atomic E-state index is 0. The van der Waals surface area contributed by atoms with Crippen molar-refractivity contribution in [2.45, 2.75) is 10.6 Å². The Morgan fingerprint density at radius 3 is 2.75 bits per heavy atom. The van der Waals surface area contributed by atoms with Gasteiger partial charge < -0.3 is 10.6 Å². The van der Waals surface area contributed by atoms with E-state index in [0.29, 0.717) is 4.58 Å². The van der Waals surface area contributed by atoms with Crippen LogP contribution in [0.1, 0.15) is 21.8 Å². The molecule has 1 aromatic carbocycles. The second-order valence-corrected chi connectivity index (χ2v) is 8.08. The molecule has 0 spiro atoms. The fourth-order valence-electron chi connectivity index (χ4n) is 2.57. The van der Waals surface area contributed by atoms with Crippen molar-refractivity contribution in [3.8, 4) is 0 Å². The van der Waals surface area contributed by atoms with Gasteiger partial charge in [0.15, 0.2) is 0 Å². The van der Waals surface area contributed by atoms with Crippen LogP contribution >= 0.6 is 35.9 Å². The van der Waals surface area contributed by atoms with Gasteiger partial charge in [-0.1, -0.05) is 12.1 Å². The van der Waals surface area contributed by atoms with Crippen LogP contribution in [0, 0.1) is 0 Å². The van der Waals surface area contributed by atoms with Crippen molar-refractivity contribution in [1.29, 1.82) is 0 Å². The van der Waals surface area contributed by atoms with Crippen LogP contribution in [0.5, 0.6) is 0 Å². The lowest BCUT2D eigenvalue weighted by Gasteiger charge is -2.16. The van der Waals surface area contributed by atoms with Gasteiger partial charge in [0.25, 0.3) is 0 Å². The first kappa shape index (κ1) is 19.2. The summed E-state index contributed by atoms with van der Waals surface area (Å²) >= 11 is 3.92. The summed E-state index contributed by atoms with van der Waals surface area (Å²) in [6.07, 6.45) is 3.56. The van der Waals surface area contributed by atoms with Crippen molar-refractivity contribution < 1.29 is 4.79 Å². The van der Waals surface area contributed by atoms with Crippen molar-refractivity contribution in [3.63, 3.8) is 0 Å². The maximum Gasteiger partial charge on any atom is 0.246 e. The summed E-state index contributed by atoms with van der Waals surface area (Å²) in [4.78, 5) is 12.6. The van der Waals surface area contributed by atoms with E-state index in [1.54, 1.807) is 17.9 Å².